The van der Waals surface area contributed by atoms with Crippen molar-refractivity contribution < 1.29 is 4.39 Å². The number of anilines is 1. The van der Waals surface area contributed by atoms with Gasteiger partial charge >= 0.3 is 0 Å². The number of hydrogen-bond donors (Lipinski definition) is 2. The van der Waals surface area contributed by atoms with Gasteiger partial charge in [-0.15, -0.1) is 0 Å². The first-order valence-corrected chi connectivity index (χ1v) is 14.1. The Morgan fingerprint density at radius 3 is 2.55 bits per heavy atom. The van der Waals surface area contributed by atoms with E-state index >= 15 is 0 Å². The lowest BCUT2D eigenvalue weighted by molar-refractivity contribution is 0.426. The van der Waals surface area contributed by atoms with Crippen LogP contribution in [0.25, 0.3) is 0 Å². The van der Waals surface area contributed by atoms with E-state index in [1.807, 2.05) is 49.4 Å². The second-order valence-corrected chi connectivity index (χ2v) is 11.2. The number of allylic oxidation sites excluding steroid dienone is 5. The number of nitrogens with zero attached hydrogens (tertiary/aromatic N) is 1. The minimum atomic E-state index is -0.226. The maximum Gasteiger partial charge on any atom is 0.173 e. The van der Waals surface area contributed by atoms with Crippen LogP contribution in [0.5, 0.6) is 0 Å². The molecule has 2 aromatic carbocycles. The van der Waals surface area contributed by atoms with E-state index in [1.54, 1.807) is 0 Å². The second-order valence-electron chi connectivity index (χ2n) is 10.8. The molecule has 0 bridgehead atoms. The van der Waals surface area contributed by atoms with Gasteiger partial charge < -0.3 is 15.5 Å². The zero-order valence-corrected chi connectivity index (χ0v) is 23.5. The Labute approximate surface area is 233 Å². The number of thiocarbonyl (C=S) groups is 1. The molecule has 2 aromatic rings. The summed E-state index contributed by atoms with van der Waals surface area (Å²) < 4.78 is 13.5. The van der Waals surface area contributed by atoms with Gasteiger partial charge in [-0.1, -0.05) is 71.9 Å². The standard InChI is InChI=1S/C33H40FN3S/c1-25(2)36-33(22-28-14-16-30(34)17-15-28)19-18-29(23-33)24-37(32(38)35-31-12-5-4-6-13-31)20-8-11-27-10-7-9-26(3)21-27/h4-6,9,12-17,21,23,36H,1,7-8,10-11,18-20,22,24H2,2-3H3,(H,35,38). The van der Waals surface area contributed by atoms with Gasteiger partial charge in [-0.2, -0.15) is 0 Å². The molecule has 0 amide bonds. The summed E-state index contributed by atoms with van der Waals surface area (Å²) in [5, 5.41) is 7.85. The van der Waals surface area contributed by atoms with Gasteiger partial charge in [0, 0.05) is 24.5 Å². The molecule has 2 aliphatic rings. The highest BCUT2D eigenvalue weighted by Crippen LogP contribution is 2.33. The van der Waals surface area contributed by atoms with E-state index in [2.05, 4.69) is 47.3 Å². The summed E-state index contributed by atoms with van der Waals surface area (Å²) in [4.78, 5) is 2.31. The molecule has 1 atom stereocenters. The minimum Gasteiger partial charge on any atom is -0.380 e. The monoisotopic (exact) mass is 529 g/mol. The fraction of sp³-hybridized carbons (Fsp3) is 0.364. The summed E-state index contributed by atoms with van der Waals surface area (Å²) in [7, 11) is 0. The second kappa shape index (κ2) is 13.1. The van der Waals surface area contributed by atoms with Gasteiger partial charge in [0.25, 0.3) is 0 Å². The van der Waals surface area contributed by atoms with Crippen molar-refractivity contribution in [3.05, 3.63) is 113 Å². The molecular formula is C33H40FN3S. The molecule has 3 nitrogen and oxygen atoms in total. The van der Waals surface area contributed by atoms with E-state index in [0.29, 0.717) is 0 Å². The molecule has 0 fully saturated rings. The highest BCUT2D eigenvalue weighted by molar-refractivity contribution is 7.80. The van der Waals surface area contributed by atoms with Crippen LogP contribution in [-0.2, 0) is 6.42 Å². The third-order valence-electron chi connectivity index (χ3n) is 7.26. The van der Waals surface area contributed by atoms with Gasteiger partial charge in [0.15, 0.2) is 5.11 Å². The van der Waals surface area contributed by atoms with E-state index in [4.69, 9.17) is 12.2 Å². The molecule has 0 heterocycles. The van der Waals surface area contributed by atoms with Crippen molar-refractivity contribution in [3.8, 4) is 0 Å². The fourth-order valence-corrected chi connectivity index (χ4v) is 5.84. The molecule has 2 aliphatic carbocycles. The van der Waals surface area contributed by atoms with Crippen molar-refractivity contribution in [1.82, 2.24) is 10.2 Å². The lowest BCUT2D eigenvalue weighted by Crippen LogP contribution is -2.42. The Bertz CT molecular complexity index is 1210. The van der Waals surface area contributed by atoms with E-state index in [9.17, 15) is 4.39 Å². The lowest BCUT2D eigenvalue weighted by atomic mass is 9.90. The molecule has 0 spiro atoms. The number of nitrogens with one attached hydrogen (secondary N) is 2. The number of para-hydroxylation sites is 1. The lowest BCUT2D eigenvalue weighted by Gasteiger charge is -2.30. The normalized spacial score (nSPS) is 18.8. The minimum absolute atomic E-state index is 0.205. The van der Waals surface area contributed by atoms with Crippen LogP contribution in [0, 0.1) is 5.82 Å². The average Bonchev–Trinajstić information content (AvgIpc) is 3.26. The first kappa shape index (κ1) is 27.8. The van der Waals surface area contributed by atoms with Crippen LogP contribution in [0.3, 0.4) is 0 Å². The Hall–Kier alpha value is -3.18. The average molecular weight is 530 g/mol. The van der Waals surface area contributed by atoms with Crippen LogP contribution < -0.4 is 10.6 Å². The van der Waals surface area contributed by atoms with Crippen molar-refractivity contribution in [3.63, 3.8) is 0 Å². The van der Waals surface area contributed by atoms with Crippen LogP contribution in [-0.4, -0.2) is 28.6 Å². The number of rotatable bonds is 11. The van der Waals surface area contributed by atoms with Crippen LogP contribution >= 0.6 is 12.2 Å². The van der Waals surface area contributed by atoms with Crippen molar-refractivity contribution in [2.45, 2.75) is 64.3 Å². The third-order valence-corrected chi connectivity index (χ3v) is 7.62. The molecule has 38 heavy (non-hydrogen) atoms. The van der Waals surface area contributed by atoms with Gasteiger partial charge in [0.2, 0.25) is 0 Å². The summed E-state index contributed by atoms with van der Waals surface area (Å²) in [6, 6.07) is 17.0. The van der Waals surface area contributed by atoms with Crippen molar-refractivity contribution >= 4 is 23.0 Å². The summed E-state index contributed by atoms with van der Waals surface area (Å²) in [6.45, 7) is 10.00. The summed E-state index contributed by atoms with van der Waals surface area (Å²) in [6.07, 6.45) is 14.3. The number of benzene rings is 2. The molecule has 0 saturated carbocycles. The van der Waals surface area contributed by atoms with Crippen molar-refractivity contribution in [2.75, 3.05) is 18.4 Å². The summed E-state index contributed by atoms with van der Waals surface area (Å²) >= 11 is 5.92. The van der Waals surface area contributed by atoms with E-state index in [0.717, 1.165) is 80.1 Å². The van der Waals surface area contributed by atoms with Gasteiger partial charge in [-0.05, 0) is 101 Å². The van der Waals surface area contributed by atoms with Crippen molar-refractivity contribution in [2.24, 2.45) is 0 Å². The number of halogens is 1. The molecule has 1 unspecified atom stereocenters. The highest BCUT2D eigenvalue weighted by Gasteiger charge is 2.33. The molecule has 0 aliphatic heterocycles. The smallest absolute Gasteiger partial charge is 0.173 e. The first-order chi connectivity index (χ1) is 18.3. The molecule has 0 radical (unpaired) electrons. The molecule has 5 heteroatoms. The fourth-order valence-electron chi connectivity index (χ4n) is 5.57. The van der Waals surface area contributed by atoms with Crippen LogP contribution in [0.2, 0.25) is 0 Å². The molecule has 0 saturated heterocycles. The largest absolute Gasteiger partial charge is 0.380 e. The maximum absolute atomic E-state index is 13.5. The van der Waals surface area contributed by atoms with Crippen LogP contribution in [0.4, 0.5) is 10.1 Å². The van der Waals surface area contributed by atoms with Gasteiger partial charge in [0.05, 0.1) is 5.54 Å². The molecular weight excluding hydrogens is 489 g/mol. The quantitative estimate of drug-likeness (QED) is 0.227. The molecule has 200 valence electrons. The Kier molecular flexibility index (Phi) is 9.57. The third kappa shape index (κ3) is 8.16. The topological polar surface area (TPSA) is 27.3 Å². The van der Waals surface area contributed by atoms with Crippen molar-refractivity contribution in [1.29, 1.82) is 0 Å². The zero-order valence-electron chi connectivity index (χ0n) is 22.7. The Balaban J connectivity index is 1.49. The van der Waals surface area contributed by atoms with Gasteiger partial charge in [-0.3, -0.25) is 0 Å². The Morgan fingerprint density at radius 2 is 1.84 bits per heavy atom. The Morgan fingerprint density at radius 1 is 1.08 bits per heavy atom. The van der Waals surface area contributed by atoms with E-state index < -0.39 is 0 Å². The summed E-state index contributed by atoms with van der Waals surface area (Å²) in [5.74, 6) is -0.205. The van der Waals surface area contributed by atoms with Crippen LogP contribution in [0.15, 0.2) is 102 Å². The van der Waals surface area contributed by atoms with E-state index in [1.165, 1.54) is 28.9 Å². The predicted octanol–water partition coefficient (Wildman–Crippen LogP) is 8.10. The van der Waals surface area contributed by atoms with Crippen LogP contribution in [0.1, 0.15) is 57.9 Å². The van der Waals surface area contributed by atoms with E-state index in [-0.39, 0.29) is 11.4 Å². The summed E-state index contributed by atoms with van der Waals surface area (Å²) in [5.41, 5.74) is 7.12. The molecule has 4 rings (SSSR count). The number of hydrogen-bond acceptors (Lipinski definition) is 2. The maximum atomic E-state index is 13.5. The SMILES string of the molecule is C=C(C)NC1(Cc2ccc(F)cc2)C=C(CN(CCCC2=CC(C)=CCC2)C(=S)Nc2ccccc2)CC1. The highest BCUT2D eigenvalue weighted by atomic mass is 32.1. The first-order valence-electron chi connectivity index (χ1n) is 13.7. The molecule has 2 N–H and O–H groups in total. The molecule has 0 aromatic heterocycles. The van der Waals surface area contributed by atoms with Gasteiger partial charge in [-0.25, -0.2) is 4.39 Å². The predicted molar refractivity (Wildman–Crippen MR) is 163 cm³/mol. The van der Waals surface area contributed by atoms with Gasteiger partial charge in [0.1, 0.15) is 5.82 Å². The zero-order chi connectivity index (χ0) is 27.0.